The molecule has 1 aliphatic heterocycles. The third-order valence-electron chi connectivity index (χ3n) is 3.79. The largest absolute Gasteiger partial charge is 0.406 e. The SMILES string of the molecule is C=Cc1cccc2c1C(=C)NB(c1cc(Br)ccc1C)N2. The summed E-state index contributed by atoms with van der Waals surface area (Å²) in [5, 5.41) is 7.00. The highest BCUT2D eigenvalue weighted by Crippen LogP contribution is 2.29. The third-order valence-corrected chi connectivity index (χ3v) is 4.28. The van der Waals surface area contributed by atoms with Gasteiger partial charge in [0.25, 0.3) is 0 Å². The van der Waals surface area contributed by atoms with Gasteiger partial charge >= 0.3 is 6.98 Å². The van der Waals surface area contributed by atoms with Crippen molar-refractivity contribution in [3.8, 4) is 0 Å². The van der Waals surface area contributed by atoms with Crippen LogP contribution >= 0.6 is 15.9 Å². The molecular formula is C17H16BBrN2. The lowest BCUT2D eigenvalue weighted by Crippen LogP contribution is -2.54. The molecule has 0 saturated heterocycles. The Morgan fingerprint density at radius 3 is 2.76 bits per heavy atom. The van der Waals surface area contributed by atoms with E-state index in [1.54, 1.807) is 0 Å². The molecule has 2 aromatic carbocycles. The van der Waals surface area contributed by atoms with Crippen LogP contribution in [-0.4, -0.2) is 6.98 Å². The Hall–Kier alpha value is -1.94. The van der Waals surface area contributed by atoms with E-state index >= 15 is 0 Å². The van der Waals surface area contributed by atoms with E-state index in [0.29, 0.717) is 0 Å². The van der Waals surface area contributed by atoms with Crippen molar-refractivity contribution in [2.75, 3.05) is 5.23 Å². The van der Waals surface area contributed by atoms with Gasteiger partial charge < -0.3 is 10.5 Å². The second kappa shape index (κ2) is 5.45. The molecule has 21 heavy (non-hydrogen) atoms. The second-order valence-electron chi connectivity index (χ2n) is 5.18. The lowest BCUT2D eigenvalue weighted by atomic mass is 9.64. The highest BCUT2D eigenvalue weighted by molar-refractivity contribution is 9.10. The zero-order valence-electron chi connectivity index (χ0n) is 11.9. The number of rotatable bonds is 2. The van der Waals surface area contributed by atoms with Crippen LogP contribution in [0.15, 0.2) is 54.0 Å². The van der Waals surface area contributed by atoms with Gasteiger partial charge in [0.15, 0.2) is 0 Å². The van der Waals surface area contributed by atoms with Crippen LogP contribution in [-0.2, 0) is 0 Å². The fraction of sp³-hybridized carbons (Fsp3) is 0.0588. The van der Waals surface area contributed by atoms with Crippen molar-refractivity contribution >= 4 is 45.8 Å². The zero-order valence-corrected chi connectivity index (χ0v) is 13.5. The number of halogens is 1. The summed E-state index contributed by atoms with van der Waals surface area (Å²) in [5.74, 6) is 0. The molecule has 0 spiro atoms. The second-order valence-corrected chi connectivity index (χ2v) is 6.09. The standard InChI is InChI=1S/C17H16BBrN2/c1-4-13-6-5-7-16-17(13)12(3)20-18(21-16)15-10-14(19)9-8-11(15)2/h4-10,20-21H,1,3H2,2H3. The third kappa shape index (κ3) is 2.51. The first-order valence-electron chi connectivity index (χ1n) is 6.84. The molecule has 0 bridgehead atoms. The van der Waals surface area contributed by atoms with E-state index in [1.165, 1.54) is 11.0 Å². The average molecular weight is 339 g/mol. The number of hydrogen-bond donors (Lipinski definition) is 2. The molecule has 0 amide bonds. The summed E-state index contributed by atoms with van der Waals surface area (Å²) in [7, 11) is 0. The van der Waals surface area contributed by atoms with E-state index in [4.69, 9.17) is 0 Å². The fourth-order valence-electron chi connectivity index (χ4n) is 2.71. The van der Waals surface area contributed by atoms with Crippen molar-refractivity contribution in [3.63, 3.8) is 0 Å². The van der Waals surface area contributed by atoms with Crippen LogP contribution in [0.2, 0.25) is 0 Å². The predicted molar refractivity (Wildman–Crippen MR) is 96.6 cm³/mol. The normalized spacial score (nSPS) is 13.2. The number of aryl methyl sites for hydroxylation is 1. The van der Waals surface area contributed by atoms with Gasteiger partial charge in [-0.25, -0.2) is 0 Å². The zero-order chi connectivity index (χ0) is 15.0. The average Bonchev–Trinajstić information content (AvgIpc) is 2.48. The Labute approximate surface area is 134 Å². The first-order chi connectivity index (χ1) is 10.1. The maximum absolute atomic E-state index is 4.18. The molecule has 4 heteroatoms. The van der Waals surface area contributed by atoms with Crippen molar-refractivity contribution < 1.29 is 0 Å². The van der Waals surface area contributed by atoms with Crippen LogP contribution in [0, 0.1) is 6.92 Å². The number of hydrogen-bond acceptors (Lipinski definition) is 2. The molecule has 1 aliphatic rings. The highest BCUT2D eigenvalue weighted by Gasteiger charge is 2.28. The van der Waals surface area contributed by atoms with Crippen LogP contribution in [0.1, 0.15) is 16.7 Å². The molecule has 0 atom stereocenters. The van der Waals surface area contributed by atoms with Gasteiger partial charge in [0.05, 0.1) is 0 Å². The minimum absolute atomic E-state index is 0.0163. The minimum Gasteiger partial charge on any atom is -0.405 e. The molecule has 0 aliphatic carbocycles. The van der Waals surface area contributed by atoms with Crippen LogP contribution < -0.4 is 15.9 Å². The molecule has 3 rings (SSSR count). The number of anilines is 1. The molecule has 1 heterocycles. The molecular weight excluding hydrogens is 323 g/mol. The summed E-state index contributed by atoms with van der Waals surface area (Å²) in [6.45, 7) is 10.2. The number of nitrogens with one attached hydrogen (secondary N) is 2. The van der Waals surface area contributed by atoms with E-state index in [-0.39, 0.29) is 6.98 Å². The summed E-state index contributed by atoms with van der Waals surface area (Å²) in [5.41, 5.74) is 6.63. The van der Waals surface area contributed by atoms with Gasteiger partial charge in [-0.3, -0.25) is 0 Å². The van der Waals surface area contributed by atoms with Crippen LogP contribution in [0.25, 0.3) is 11.8 Å². The molecule has 0 saturated carbocycles. The fourth-order valence-corrected chi connectivity index (χ4v) is 3.09. The summed E-state index contributed by atoms with van der Waals surface area (Å²) in [6.07, 6.45) is 1.86. The molecule has 2 aromatic rings. The Morgan fingerprint density at radius 2 is 2.00 bits per heavy atom. The lowest BCUT2D eigenvalue weighted by molar-refractivity contribution is 1.29. The minimum atomic E-state index is 0.0163. The Morgan fingerprint density at radius 1 is 1.19 bits per heavy atom. The van der Waals surface area contributed by atoms with E-state index < -0.39 is 0 Å². The molecule has 0 aromatic heterocycles. The molecule has 2 nitrogen and oxygen atoms in total. The van der Waals surface area contributed by atoms with Gasteiger partial charge in [-0.05, 0) is 36.1 Å². The molecule has 0 fully saturated rings. The van der Waals surface area contributed by atoms with Crippen molar-refractivity contribution in [1.29, 1.82) is 0 Å². The number of fused-ring (bicyclic) bond motifs is 1. The Bertz CT molecular complexity index is 740. The summed E-state index contributed by atoms with van der Waals surface area (Å²) in [4.78, 5) is 0. The van der Waals surface area contributed by atoms with Gasteiger partial charge in [0.1, 0.15) is 0 Å². The maximum Gasteiger partial charge on any atom is 0.406 e. The van der Waals surface area contributed by atoms with E-state index in [1.807, 2.05) is 18.2 Å². The van der Waals surface area contributed by atoms with E-state index in [2.05, 4.69) is 70.7 Å². The quantitative estimate of drug-likeness (QED) is 0.814. The topological polar surface area (TPSA) is 24.1 Å². The molecule has 2 N–H and O–H groups in total. The molecule has 104 valence electrons. The Kier molecular flexibility index (Phi) is 3.64. The first-order valence-corrected chi connectivity index (χ1v) is 7.63. The van der Waals surface area contributed by atoms with Crippen molar-refractivity contribution in [3.05, 3.63) is 70.7 Å². The Balaban J connectivity index is 2.05. The van der Waals surface area contributed by atoms with Crippen molar-refractivity contribution in [2.24, 2.45) is 0 Å². The van der Waals surface area contributed by atoms with Crippen LogP contribution in [0.5, 0.6) is 0 Å². The maximum atomic E-state index is 4.18. The smallest absolute Gasteiger partial charge is 0.405 e. The molecule has 0 radical (unpaired) electrons. The van der Waals surface area contributed by atoms with Crippen LogP contribution in [0.4, 0.5) is 5.69 Å². The van der Waals surface area contributed by atoms with Crippen molar-refractivity contribution in [1.82, 2.24) is 5.23 Å². The summed E-state index contributed by atoms with van der Waals surface area (Å²) >= 11 is 3.54. The predicted octanol–water partition coefficient (Wildman–Crippen LogP) is 3.78. The first kappa shape index (κ1) is 14.0. The highest BCUT2D eigenvalue weighted by atomic mass is 79.9. The summed E-state index contributed by atoms with van der Waals surface area (Å²) in [6, 6.07) is 12.5. The van der Waals surface area contributed by atoms with Crippen molar-refractivity contribution in [2.45, 2.75) is 6.92 Å². The number of benzene rings is 2. The summed E-state index contributed by atoms with van der Waals surface area (Å²) < 4.78 is 1.07. The van der Waals surface area contributed by atoms with Gasteiger partial charge in [0.2, 0.25) is 0 Å². The monoisotopic (exact) mass is 338 g/mol. The lowest BCUT2D eigenvalue weighted by Gasteiger charge is -2.30. The van der Waals surface area contributed by atoms with E-state index in [0.717, 1.165) is 27.0 Å². The van der Waals surface area contributed by atoms with Gasteiger partial charge in [-0.1, -0.05) is 58.9 Å². The van der Waals surface area contributed by atoms with Gasteiger partial charge in [-0.2, -0.15) is 0 Å². The van der Waals surface area contributed by atoms with Crippen LogP contribution in [0.3, 0.4) is 0 Å². The van der Waals surface area contributed by atoms with Gasteiger partial charge in [-0.15, -0.1) is 0 Å². The van der Waals surface area contributed by atoms with Gasteiger partial charge in [0, 0.05) is 21.4 Å². The molecule has 0 unspecified atom stereocenters. The van der Waals surface area contributed by atoms with E-state index in [9.17, 15) is 0 Å².